The molecule has 0 aliphatic carbocycles. The molecule has 3 rings (SSSR count). The number of benzene rings is 2. The van der Waals surface area contributed by atoms with Crippen LogP contribution in [0.3, 0.4) is 0 Å². The van der Waals surface area contributed by atoms with E-state index in [1.54, 1.807) is 10.0 Å². The first kappa shape index (κ1) is 40.0. The van der Waals surface area contributed by atoms with Crippen molar-refractivity contribution in [3.05, 3.63) is 71.3 Å². The van der Waals surface area contributed by atoms with Gasteiger partial charge in [-0.1, -0.05) is 36.4 Å². The second-order valence-corrected chi connectivity index (χ2v) is 13.4. The van der Waals surface area contributed by atoms with E-state index in [9.17, 15) is 48.9 Å². The van der Waals surface area contributed by atoms with Gasteiger partial charge in [0.05, 0.1) is 28.8 Å². The Morgan fingerprint density at radius 2 is 1.55 bits per heavy atom. The van der Waals surface area contributed by atoms with Crippen molar-refractivity contribution in [2.45, 2.75) is 93.9 Å². The van der Waals surface area contributed by atoms with E-state index in [1.165, 1.54) is 39.8 Å². The van der Waals surface area contributed by atoms with Crippen LogP contribution in [0.1, 0.15) is 64.5 Å². The Hall–Kier alpha value is -3.21. The number of carbonyl (C=O) groups excluding carboxylic acids is 2. The Labute approximate surface area is 267 Å². The summed E-state index contributed by atoms with van der Waals surface area (Å²) in [5.74, 6) is -12.7. The first-order chi connectivity index (χ1) is 21.6. The van der Waals surface area contributed by atoms with Gasteiger partial charge in [0, 0.05) is 30.4 Å². The summed E-state index contributed by atoms with van der Waals surface area (Å²) in [4.78, 5) is 22.7. The Morgan fingerprint density at radius 3 is 2.04 bits per heavy atom. The minimum Gasteiger partial charge on any atom is -0.466 e. The summed E-state index contributed by atoms with van der Waals surface area (Å²) in [6, 6.07) is 7.82. The molecule has 17 heteroatoms. The lowest BCUT2D eigenvalue weighted by atomic mass is 9.78. The van der Waals surface area contributed by atoms with Crippen LogP contribution in [0.4, 0.5) is 43.9 Å². The second kappa shape index (κ2) is 15.3. The molecule has 1 saturated heterocycles. The Bertz CT molecular complexity index is 1420. The Kier molecular flexibility index (Phi) is 13.0. The SMILES string of the molecule is CCOC(=O)CCC(F)(F)[C@](N[S@](=O)C(C)(C)C)(c1ccccc1F)C(F)F.O=C1CCC(F)(F)[C@](c2ccccc2F)(C(F)F)N1. The maximum atomic E-state index is 15.2. The molecule has 0 radical (unpaired) electrons. The second-order valence-electron chi connectivity index (χ2n) is 11.4. The number of alkyl halides is 8. The Balaban J connectivity index is 0.000000350. The van der Waals surface area contributed by atoms with Crippen molar-refractivity contribution in [3.63, 3.8) is 0 Å². The smallest absolute Gasteiger partial charge is 0.305 e. The van der Waals surface area contributed by atoms with Gasteiger partial charge < -0.3 is 10.1 Å². The van der Waals surface area contributed by atoms with Crippen LogP contribution in [0.25, 0.3) is 0 Å². The van der Waals surface area contributed by atoms with Gasteiger partial charge in [0.25, 0.3) is 24.7 Å². The van der Waals surface area contributed by atoms with Crippen molar-refractivity contribution >= 4 is 22.9 Å². The lowest BCUT2D eigenvalue weighted by Gasteiger charge is -2.43. The summed E-state index contributed by atoms with van der Waals surface area (Å²) in [7, 11) is -2.39. The summed E-state index contributed by atoms with van der Waals surface area (Å²) in [5.41, 5.74) is -8.85. The molecule has 2 N–H and O–H groups in total. The molecular formula is C30H34F10N2O4S. The lowest BCUT2D eigenvalue weighted by molar-refractivity contribution is -0.183. The first-order valence-electron chi connectivity index (χ1n) is 14.1. The van der Waals surface area contributed by atoms with E-state index in [4.69, 9.17) is 0 Å². The highest BCUT2D eigenvalue weighted by molar-refractivity contribution is 7.84. The topological polar surface area (TPSA) is 84.5 Å². The van der Waals surface area contributed by atoms with E-state index in [0.717, 1.165) is 36.4 Å². The highest BCUT2D eigenvalue weighted by atomic mass is 32.2. The molecule has 0 bridgehead atoms. The predicted octanol–water partition coefficient (Wildman–Crippen LogP) is 7.15. The van der Waals surface area contributed by atoms with Crippen LogP contribution in [-0.2, 0) is 36.4 Å². The minimum atomic E-state index is -4.34. The van der Waals surface area contributed by atoms with Crippen molar-refractivity contribution in [1.29, 1.82) is 0 Å². The van der Waals surface area contributed by atoms with Crippen LogP contribution >= 0.6 is 0 Å². The third-order valence-corrected chi connectivity index (χ3v) is 8.79. The molecule has 1 aliphatic heterocycles. The standard InChI is InChI=1S/C18H24F5NO3S.C12H10F5NO/c1-5-27-14(25)10-11-17(22,23)18(15(20)21,24-28(26)16(2,3)4)12-8-6-7-9-13(12)19;13-8-4-2-1-3-7(8)12(10(14)15)11(16,17)6-5-9(19)18-12/h6-9,15,24H,5,10-11H2,1-4H3;1-4,10H,5-6H2,(H,18,19)/t18-,28+;12-/m00/s1. The van der Waals surface area contributed by atoms with Gasteiger partial charge in [-0.3, -0.25) is 9.59 Å². The van der Waals surface area contributed by atoms with Gasteiger partial charge in [0.2, 0.25) is 5.91 Å². The number of halogens is 10. The Morgan fingerprint density at radius 1 is 1.00 bits per heavy atom. The van der Waals surface area contributed by atoms with Gasteiger partial charge in [-0.25, -0.2) is 52.8 Å². The molecule has 3 atom stereocenters. The van der Waals surface area contributed by atoms with Gasteiger partial charge in [0.15, 0.2) is 11.1 Å². The fourth-order valence-corrected chi connectivity index (χ4v) is 5.58. The summed E-state index contributed by atoms with van der Waals surface area (Å²) in [6.45, 7) is 5.58. The van der Waals surface area contributed by atoms with E-state index in [1.807, 2.05) is 0 Å². The van der Waals surface area contributed by atoms with Crippen LogP contribution in [-0.4, -0.2) is 52.1 Å². The summed E-state index contributed by atoms with van der Waals surface area (Å²) in [6.07, 6.45) is -11.3. The molecule has 2 aromatic carbocycles. The molecule has 0 unspecified atom stereocenters. The zero-order chi connectivity index (χ0) is 36.0. The molecule has 1 fully saturated rings. The maximum Gasteiger partial charge on any atom is 0.305 e. The van der Waals surface area contributed by atoms with E-state index in [2.05, 4.69) is 4.74 Å². The molecule has 47 heavy (non-hydrogen) atoms. The van der Waals surface area contributed by atoms with Gasteiger partial charge >= 0.3 is 5.97 Å². The molecule has 264 valence electrons. The van der Waals surface area contributed by atoms with Crippen molar-refractivity contribution in [2.24, 2.45) is 0 Å². The number of carbonyl (C=O) groups is 2. The molecular weight excluding hydrogens is 674 g/mol. The largest absolute Gasteiger partial charge is 0.466 e. The number of esters is 1. The number of piperidine rings is 1. The van der Waals surface area contributed by atoms with Crippen molar-refractivity contribution in [1.82, 2.24) is 10.0 Å². The molecule has 2 aromatic rings. The predicted molar refractivity (Wildman–Crippen MR) is 152 cm³/mol. The van der Waals surface area contributed by atoms with E-state index >= 15 is 8.78 Å². The average Bonchev–Trinajstić information content (AvgIpc) is 2.96. The van der Waals surface area contributed by atoms with E-state index in [0.29, 0.717) is 0 Å². The third-order valence-electron chi connectivity index (χ3n) is 7.17. The highest BCUT2D eigenvalue weighted by Gasteiger charge is 2.65. The number of hydrogen-bond acceptors (Lipinski definition) is 4. The molecule has 6 nitrogen and oxygen atoms in total. The molecule has 1 aliphatic rings. The number of ether oxygens (including phenoxy) is 1. The molecule has 0 aromatic heterocycles. The fourth-order valence-electron chi connectivity index (χ4n) is 4.64. The fraction of sp³-hybridized carbons (Fsp3) is 0.533. The van der Waals surface area contributed by atoms with Gasteiger partial charge in [-0.2, -0.15) is 0 Å². The zero-order valence-electron chi connectivity index (χ0n) is 25.6. The van der Waals surface area contributed by atoms with Gasteiger partial charge in [-0.05, 0) is 39.8 Å². The van der Waals surface area contributed by atoms with Crippen molar-refractivity contribution in [2.75, 3.05) is 6.61 Å². The monoisotopic (exact) mass is 708 g/mol. The van der Waals surface area contributed by atoms with E-state index < -0.39 is 112 Å². The van der Waals surface area contributed by atoms with Crippen LogP contribution in [0.15, 0.2) is 48.5 Å². The van der Waals surface area contributed by atoms with E-state index in [-0.39, 0.29) is 6.61 Å². The van der Waals surface area contributed by atoms with Crippen LogP contribution < -0.4 is 10.0 Å². The average molecular weight is 709 g/mol. The third kappa shape index (κ3) is 8.45. The summed E-state index contributed by atoms with van der Waals surface area (Å²) >= 11 is 0. The molecule has 1 heterocycles. The highest BCUT2D eigenvalue weighted by Crippen LogP contribution is 2.49. The van der Waals surface area contributed by atoms with Crippen molar-refractivity contribution in [3.8, 4) is 0 Å². The number of nitrogens with one attached hydrogen (secondary N) is 2. The minimum absolute atomic E-state index is 0.0655. The van der Waals surface area contributed by atoms with Crippen molar-refractivity contribution < 1.29 is 62.4 Å². The van der Waals surface area contributed by atoms with Crippen LogP contribution in [0.5, 0.6) is 0 Å². The maximum absolute atomic E-state index is 15.2. The van der Waals surface area contributed by atoms with Gasteiger partial charge in [0.1, 0.15) is 11.6 Å². The normalized spacial score (nSPS) is 20.1. The number of hydrogen-bond donors (Lipinski definition) is 2. The molecule has 0 spiro atoms. The molecule has 1 amide bonds. The number of amides is 1. The summed E-state index contributed by atoms with van der Waals surface area (Å²) in [5, 5.41) is 1.60. The first-order valence-corrected chi connectivity index (χ1v) is 15.2. The quantitative estimate of drug-likeness (QED) is 0.192. The zero-order valence-corrected chi connectivity index (χ0v) is 26.4. The van der Waals surface area contributed by atoms with Crippen LogP contribution in [0, 0.1) is 11.6 Å². The van der Waals surface area contributed by atoms with Gasteiger partial charge in [-0.15, -0.1) is 0 Å². The molecule has 0 saturated carbocycles. The van der Waals surface area contributed by atoms with Crippen LogP contribution in [0.2, 0.25) is 0 Å². The number of rotatable bonds is 11. The summed E-state index contributed by atoms with van der Waals surface area (Å²) < 4.78 is 159. The lowest BCUT2D eigenvalue weighted by Crippen LogP contribution is -2.65.